The molecule has 0 aromatic heterocycles. The lowest BCUT2D eigenvalue weighted by molar-refractivity contribution is -0.167. The minimum atomic E-state index is -0.789. The molecule has 75 heavy (non-hydrogen) atoms. The Kier molecular flexibility index (Phi) is 59.3. The molecule has 6 heteroatoms. The average Bonchev–Trinajstić information content (AvgIpc) is 3.41. The molecule has 0 radical (unpaired) electrons. The van der Waals surface area contributed by atoms with Crippen molar-refractivity contribution >= 4 is 17.9 Å². The van der Waals surface area contributed by atoms with Gasteiger partial charge in [0, 0.05) is 19.3 Å². The van der Waals surface area contributed by atoms with Gasteiger partial charge in [-0.25, -0.2) is 0 Å². The number of esters is 3. The highest BCUT2D eigenvalue weighted by atomic mass is 16.6. The van der Waals surface area contributed by atoms with Crippen molar-refractivity contribution in [3.05, 3.63) is 109 Å². The Hall–Kier alpha value is -3.93. The zero-order valence-electron chi connectivity index (χ0n) is 49.0. The molecule has 0 spiro atoms. The van der Waals surface area contributed by atoms with E-state index in [-0.39, 0.29) is 31.1 Å². The number of carbonyl (C=O) groups excluding carboxylic acids is 3. The van der Waals surface area contributed by atoms with Crippen molar-refractivity contribution in [2.24, 2.45) is 0 Å². The Morgan fingerprint density at radius 2 is 0.520 bits per heavy atom. The third-order valence-corrected chi connectivity index (χ3v) is 13.2. The highest BCUT2D eigenvalue weighted by Crippen LogP contribution is 2.15. The van der Waals surface area contributed by atoms with E-state index in [9.17, 15) is 14.4 Å². The normalized spacial score (nSPS) is 12.8. The van der Waals surface area contributed by atoms with E-state index >= 15 is 0 Å². The predicted octanol–water partition coefficient (Wildman–Crippen LogP) is 21.4. The molecule has 1 unspecified atom stereocenters. The van der Waals surface area contributed by atoms with Crippen LogP contribution in [0.3, 0.4) is 0 Å². The minimum absolute atomic E-state index is 0.0868. The maximum Gasteiger partial charge on any atom is 0.306 e. The molecule has 0 heterocycles. The molecule has 0 saturated heterocycles. The third-order valence-electron chi connectivity index (χ3n) is 13.2. The fraction of sp³-hybridized carbons (Fsp3) is 0.696. The number of ether oxygens (including phenoxy) is 3. The number of hydrogen-bond acceptors (Lipinski definition) is 6. The van der Waals surface area contributed by atoms with Gasteiger partial charge in [-0.05, 0) is 128 Å². The Bertz CT molecular complexity index is 1520. The summed E-state index contributed by atoms with van der Waals surface area (Å²) in [5.74, 6) is -0.906. The molecule has 0 aliphatic heterocycles. The van der Waals surface area contributed by atoms with E-state index in [4.69, 9.17) is 14.2 Å². The summed E-state index contributed by atoms with van der Waals surface area (Å²) in [6, 6.07) is 0. The molecule has 6 nitrogen and oxygen atoms in total. The summed E-state index contributed by atoms with van der Waals surface area (Å²) >= 11 is 0. The maximum atomic E-state index is 12.8. The standard InChI is InChI=1S/C69H116O6/c1-4-7-10-13-16-19-22-25-26-27-28-29-30-31-32-33-34-35-36-37-38-39-40-41-42-45-47-50-53-56-59-62-68(71)74-65-66(75-69(72)63-60-57-54-51-48-44-24-21-18-15-12-9-6-3)64-73-67(70)61-58-55-52-49-46-43-23-20-17-14-11-8-5-2/h7,10,16,19-21,23-26,28-29,31-32,34-35,37-38,66H,4-6,8-9,11-15,17-18,22,27,30,33,36,39-65H2,1-3H3/b10-7-,19-16-,23-20-,24-21-,26-25-,29-28-,32-31-,35-34-,38-37-. The molecular weight excluding hydrogens is 925 g/mol. The van der Waals surface area contributed by atoms with Gasteiger partial charge < -0.3 is 14.2 Å². The topological polar surface area (TPSA) is 78.9 Å². The second-order valence-electron chi connectivity index (χ2n) is 20.6. The van der Waals surface area contributed by atoms with Crippen molar-refractivity contribution in [2.75, 3.05) is 13.2 Å². The summed E-state index contributed by atoms with van der Waals surface area (Å²) in [5.41, 5.74) is 0. The molecule has 0 fully saturated rings. The van der Waals surface area contributed by atoms with Gasteiger partial charge in [-0.2, -0.15) is 0 Å². The lowest BCUT2D eigenvalue weighted by Gasteiger charge is -2.18. The van der Waals surface area contributed by atoms with Crippen molar-refractivity contribution < 1.29 is 28.6 Å². The van der Waals surface area contributed by atoms with Crippen LogP contribution in [0.15, 0.2) is 109 Å². The second kappa shape index (κ2) is 62.6. The molecule has 0 N–H and O–H groups in total. The number of hydrogen-bond donors (Lipinski definition) is 0. The van der Waals surface area contributed by atoms with Gasteiger partial charge in [0.25, 0.3) is 0 Å². The SMILES string of the molecule is CC/C=C\C/C=C\C/C=C\C/C=C\C/C=C\C/C=C\C/C=C\CCCCCCCCCCCC(=O)OCC(COC(=O)CCCCCCC/C=C\CCCCCC)OC(=O)CCCCCCC/C=C\CCCCCC. The van der Waals surface area contributed by atoms with E-state index < -0.39 is 6.10 Å². The first-order chi connectivity index (χ1) is 37.0. The van der Waals surface area contributed by atoms with Gasteiger partial charge in [0.05, 0.1) is 0 Å². The Morgan fingerprint density at radius 1 is 0.280 bits per heavy atom. The molecule has 0 aliphatic carbocycles. The van der Waals surface area contributed by atoms with Crippen LogP contribution in [0.2, 0.25) is 0 Å². The number of allylic oxidation sites excluding steroid dienone is 18. The van der Waals surface area contributed by atoms with E-state index in [1.165, 1.54) is 122 Å². The van der Waals surface area contributed by atoms with E-state index in [0.29, 0.717) is 19.3 Å². The molecule has 0 bridgehead atoms. The summed E-state index contributed by atoms with van der Waals surface area (Å²) in [4.78, 5) is 38.2. The predicted molar refractivity (Wildman–Crippen MR) is 325 cm³/mol. The van der Waals surface area contributed by atoms with Crippen LogP contribution in [0.5, 0.6) is 0 Å². The first-order valence-electron chi connectivity index (χ1n) is 31.4. The fourth-order valence-corrected chi connectivity index (χ4v) is 8.53. The maximum absolute atomic E-state index is 12.8. The van der Waals surface area contributed by atoms with Gasteiger partial charge in [-0.15, -0.1) is 0 Å². The fourth-order valence-electron chi connectivity index (χ4n) is 8.53. The van der Waals surface area contributed by atoms with Crippen LogP contribution >= 0.6 is 0 Å². The number of carbonyl (C=O) groups is 3. The smallest absolute Gasteiger partial charge is 0.306 e. The Labute approximate surface area is 463 Å². The molecule has 0 saturated carbocycles. The lowest BCUT2D eigenvalue weighted by atomic mass is 10.1. The van der Waals surface area contributed by atoms with Crippen molar-refractivity contribution in [1.29, 1.82) is 0 Å². The monoisotopic (exact) mass is 1040 g/mol. The van der Waals surface area contributed by atoms with Crippen LogP contribution in [0.4, 0.5) is 0 Å². The highest BCUT2D eigenvalue weighted by Gasteiger charge is 2.19. The molecule has 0 aromatic carbocycles. The number of unbranched alkanes of at least 4 members (excludes halogenated alkanes) is 27. The Balaban J connectivity index is 4.25. The van der Waals surface area contributed by atoms with Gasteiger partial charge in [-0.3, -0.25) is 14.4 Å². The van der Waals surface area contributed by atoms with Gasteiger partial charge in [0.15, 0.2) is 6.10 Å². The van der Waals surface area contributed by atoms with Crippen LogP contribution in [0, 0.1) is 0 Å². The summed E-state index contributed by atoms with van der Waals surface area (Å²) in [6.45, 7) is 6.48. The van der Waals surface area contributed by atoms with Gasteiger partial charge in [0.2, 0.25) is 0 Å². The average molecular weight is 1040 g/mol. The summed E-state index contributed by atoms with van der Waals surface area (Å²) in [6.07, 6.45) is 85.2. The van der Waals surface area contributed by atoms with E-state index in [0.717, 1.165) is 128 Å². The van der Waals surface area contributed by atoms with Crippen LogP contribution in [-0.2, 0) is 28.6 Å². The highest BCUT2D eigenvalue weighted by molar-refractivity contribution is 5.71. The zero-order chi connectivity index (χ0) is 54.3. The molecular formula is C69H116O6. The van der Waals surface area contributed by atoms with Gasteiger partial charge in [-0.1, -0.05) is 252 Å². The molecule has 0 aliphatic rings. The molecule has 1 atom stereocenters. The lowest BCUT2D eigenvalue weighted by Crippen LogP contribution is -2.30. The Morgan fingerprint density at radius 3 is 0.827 bits per heavy atom. The van der Waals surface area contributed by atoms with E-state index in [2.05, 4.69) is 130 Å². The van der Waals surface area contributed by atoms with E-state index in [1.807, 2.05) is 0 Å². The third kappa shape index (κ3) is 60.8. The van der Waals surface area contributed by atoms with Crippen LogP contribution < -0.4 is 0 Å². The van der Waals surface area contributed by atoms with Crippen molar-refractivity contribution in [1.82, 2.24) is 0 Å². The first-order valence-corrected chi connectivity index (χ1v) is 31.4. The van der Waals surface area contributed by atoms with Gasteiger partial charge >= 0.3 is 17.9 Å². The molecule has 428 valence electrons. The van der Waals surface area contributed by atoms with Crippen LogP contribution in [0.1, 0.15) is 290 Å². The minimum Gasteiger partial charge on any atom is -0.462 e. The second-order valence-corrected chi connectivity index (χ2v) is 20.6. The van der Waals surface area contributed by atoms with Crippen molar-refractivity contribution in [2.45, 2.75) is 297 Å². The molecule has 0 amide bonds. The number of rotatable bonds is 56. The molecule has 0 rings (SSSR count). The van der Waals surface area contributed by atoms with Crippen LogP contribution in [0.25, 0.3) is 0 Å². The summed E-state index contributed by atoms with van der Waals surface area (Å²) in [5, 5.41) is 0. The summed E-state index contributed by atoms with van der Waals surface area (Å²) < 4.78 is 16.9. The van der Waals surface area contributed by atoms with Crippen molar-refractivity contribution in [3.63, 3.8) is 0 Å². The molecule has 0 aromatic rings. The van der Waals surface area contributed by atoms with Crippen LogP contribution in [-0.4, -0.2) is 37.2 Å². The zero-order valence-corrected chi connectivity index (χ0v) is 49.0. The quantitative estimate of drug-likeness (QED) is 0.0261. The largest absolute Gasteiger partial charge is 0.462 e. The first kappa shape index (κ1) is 71.1. The van der Waals surface area contributed by atoms with Crippen molar-refractivity contribution in [3.8, 4) is 0 Å². The summed E-state index contributed by atoms with van der Waals surface area (Å²) in [7, 11) is 0. The van der Waals surface area contributed by atoms with Gasteiger partial charge in [0.1, 0.15) is 13.2 Å². The van der Waals surface area contributed by atoms with E-state index in [1.54, 1.807) is 0 Å².